The van der Waals surface area contributed by atoms with E-state index in [1.54, 1.807) is 24.3 Å². The molecule has 128 valence electrons. The molecular formula is C18H16FN3O3. The summed E-state index contributed by atoms with van der Waals surface area (Å²) in [6, 6.07) is 9.93. The van der Waals surface area contributed by atoms with Crippen molar-refractivity contribution >= 4 is 28.8 Å². The average Bonchev–Trinajstić information content (AvgIpc) is 3.09. The van der Waals surface area contributed by atoms with Gasteiger partial charge < -0.3 is 9.64 Å². The molecule has 0 amide bonds. The number of carbonyl (C=O) groups is 1. The highest BCUT2D eigenvalue weighted by molar-refractivity contribution is 5.92. The first-order valence-electron chi connectivity index (χ1n) is 7.55. The Morgan fingerprint density at radius 3 is 2.76 bits per heavy atom. The van der Waals surface area contributed by atoms with Gasteiger partial charge in [-0.05, 0) is 51.8 Å². The highest BCUT2D eigenvalue weighted by Crippen LogP contribution is 2.27. The smallest absolute Gasteiger partial charge is 0.330 e. The lowest BCUT2D eigenvalue weighted by Crippen LogP contribution is -2.17. The number of aromatic nitrogens is 2. The van der Waals surface area contributed by atoms with Crippen LogP contribution in [0, 0.1) is 5.82 Å². The second-order valence-corrected chi connectivity index (χ2v) is 5.51. The monoisotopic (exact) mass is 341 g/mol. The number of esters is 1. The lowest BCUT2D eigenvalue weighted by atomic mass is 10.1. The summed E-state index contributed by atoms with van der Waals surface area (Å²) in [7, 11) is 3.21. The van der Waals surface area contributed by atoms with Gasteiger partial charge in [0.25, 0.3) is 0 Å². The summed E-state index contributed by atoms with van der Waals surface area (Å²) in [6.45, 7) is 0.548. The van der Waals surface area contributed by atoms with Gasteiger partial charge >= 0.3 is 5.97 Å². The molecule has 0 aliphatic carbocycles. The summed E-state index contributed by atoms with van der Waals surface area (Å²) < 4.78 is 22.5. The standard InChI is InChI=1S/C18H16FN3O3/c1-22(11-12-3-6-14(19)7-4-12)16-10-13(5-8-17(23)24-2)9-15-18(16)21-25-20-15/h3-10H,11H2,1-2H3. The summed E-state index contributed by atoms with van der Waals surface area (Å²) in [5, 5.41) is 7.82. The van der Waals surface area contributed by atoms with Crippen LogP contribution in [0.4, 0.5) is 10.1 Å². The predicted octanol–water partition coefficient (Wildman–Crippen LogP) is 3.18. The molecule has 3 aromatic rings. The van der Waals surface area contributed by atoms with Crippen LogP contribution in [0.25, 0.3) is 17.1 Å². The first-order valence-corrected chi connectivity index (χ1v) is 7.55. The van der Waals surface area contributed by atoms with E-state index in [1.165, 1.54) is 25.3 Å². The number of hydrogen-bond acceptors (Lipinski definition) is 6. The van der Waals surface area contributed by atoms with Crippen LogP contribution in [0.15, 0.2) is 47.1 Å². The van der Waals surface area contributed by atoms with Crippen LogP contribution < -0.4 is 4.90 Å². The molecule has 0 N–H and O–H groups in total. The van der Waals surface area contributed by atoms with Crippen LogP contribution in [-0.2, 0) is 16.1 Å². The van der Waals surface area contributed by atoms with Crippen molar-refractivity contribution < 1.29 is 18.6 Å². The molecule has 0 unspecified atom stereocenters. The second kappa shape index (κ2) is 7.12. The van der Waals surface area contributed by atoms with Crippen LogP contribution in [0.5, 0.6) is 0 Å². The van der Waals surface area contributed by atoms with E-state index in [2.05, 4.69) is 15.1 Å². The minimum Gasteiger partial charge on any atom is -0.466 e. The zero-order valence-electron chi connectivity index (χ0n) is 13.8. The van der Waals surface area contributed by atoms with Crippen molar-refractivity contribution in [3.63, 3.8) is 0 Å². The van der Waals surface area contributed by atoms with Gasteiger partial charge in [-0.15, -0.1) is 0 Å². The molecule has 0 aliphatic rings. The van der Waals surface area contributed by atoms with Crippen molar-refractivity contribution in [2.75, 3.05) is 19.1 Å². The minimum atomic E-state index is -0.445. The number of nitrogens with zero attached hydrogens (tertiary/aromatic N) is 3. The molecule has 0 fully saturated rings. The lowest BCUT2D eigenvalue weighted by Gasteiger charge is -2.20. The maximum atomic E-state index is 13.1. The zero-order valence-corrected chi connectivity index (χ0v) is 13.8. The highest BCUT2D eigenvalue weighted by atomic mass is 19.1. The molecule has 0 saturated heterocycles. The van der Waals surface area contributed by atoms with Gasteiger partial charge in [0.15, 0.2) is 5.52 Å². The zero-order chi connectivity index (χ0) is 17.8. The van der Waals surface area contributed by atoms with Crippen molar-refractivity contribution in [1.82, 2.24) is 10.3 Å². The van der Waals surface area contributed by atoms with Gasteiger partial charge in [0, 0.05) is 19.7 Å². The minimum absolute atomic E-state index is 0.274. The largest absolute Gasteiger partial charge is 0.466 e. The Balaban J connectivity index is 1.93. The molecule has 3 rings (SSSR count). The third kappa shape index (κ3) is 3.82. The molecular weight excluding hydrogens is 325 g/mol. The van der Waals surface area contributed by atoms with Crippen LogP contribution >= 0.6 is 0 Å². The SMILES string of the molecule is COC(=O)C=Cc1cc(N(C)Cc2ccc(F)cc2)c2nonc2c1. The van der Waals surface area contributed by atoms with Gasteiger partial charge in [-0.25, -0.2) is 13.8 Å². The number of ether oxygens (including phenoxy) is 1. The number of carbonyl (C=O) groups excluding carboxylic acids is 1. The normalized spacial score (nSPS) is 11.2. The van der Waals surface area contributed by atoms with Gasteiger partial charge in [0.1, 0.15) is 11.3 Å². The van der Waals surface area contributed by atoms with Gasteiger partial charge in [-0.3, -0.25) is 0 Å². The Kier molecular flexibility index (Phi) is 4.74. The third-order valence-electron chi connectivity index (χ3n) is 3.72. The van der Waals surface area contributed by atoms with Gasteiger partial charge in [0.2, 0.25) is 0 Å². The molecule has 2 aromatic carbocycles. The van der Waals surface area contributed by atoms with Gasteiger partial charge in [-0.2, -0.15) is 0 Å². The Morgan fingerprint density at radius 1 is 1.28 bits per heavy atom. The van der Waals surface area contributed by atoms with E-state index in [0.29, 0.717) is 17.6 Å². The van der Waals surface area contributed by atoms with E-state index < -0.39 is 5.97 Å². The molecule has 6 nitrogen and oxygen atoms in total. The number of fused-ring (bicyclic) bond motifs is 1. The van der Waals surface area contributed by atoms with Crippen LogP contribution in [0.1, 0.15) is 11.1 Å². The third-order valence-corrected chi connectivity index (χ3v) is 3.72. The fraction of sp³-hybridized carbons (Fsp3) is 0.167. The Hall–Kier alpha value is -3.22. The first kappa shape index (κ1) is 16.6. The number of anilines is 1. The molecule has 0 saturated carbocycles. The first-order chi connectivity index (χ1) is 12.1. The maximum absolute atomic E-state index is 13.1. The predicted molar refractivity (Wildman–Crippen MR) is 91.4 cm³/mol. The van der Waals surface area contributed by atoms with Crippen molar-refractivity contribution in [3.8, 4) is 0 Å². The molecule has 25 heavy (non-hydrogen) atoms. The van der Waals surface area contributed by atoms with Gasteiger partial charge in [-0.1, -0.05) is 12.1 Å². The van der Waals surface area contributed by atoms with E-state index in [0.717, 1.165) is 16.8 Å². The fourth-order valence-corrected chi connectivity index (χ4v) is 2.46. The van der Waals surface area contributed by atoms with E-state index in [1.807, 2.05) is 18.0 Å². The topological polar surface area (TPSA) is 68.5 Å². The average molecular weight is 341 g/mol. The number of halogens is 1. The summed E-state index contributed by atoms with van der Waals surface area (Å²) >= 11 is 0. The summed E-state index contributed by atoms with van der Waals surface area (Å²) in [6.07, 6.45) is 2.97. The van der Waals surface area contributed by atoms with Crippen LogP contribution in [-0.4, -0.2) is 30.4 Å². The highest BCUT2D eigenvalue weighted by Gasteiger charge is 2.13. The maximum Gasteiger partial charge on any atom is 0.330 e. The van der Waals surface area contributed by atoms with E-state index in [9.17, 15) is 9.18 Å². The summed E-state index contributed by atoms with van der Waals surface area (Å²) in [4.78, 5) is 13.2. The molecule has 0 bridgehead atoms. The summed E-state index contributed by atoms with van der Waals surface area (Å²) in [5.41, 5.74) is 3.68. The lowest BCUT2D eigenvalue weighted by molar-refractivity contribution is -0.134. The van der Waals surface area contributed by atoms with E-state index in [-0.39, 0.29) is 5.82 Å². The van der Waals surface area contributed by atoms with Crippen molar-refractivity contribution in [2.24, 2.45) is 0 Å². The van der Waals surface area contributed by atoms with Crippen molar-refractivity contribution in [2.45, 2.75) is 6.54 Å². The molecule has 0 spiro atoms. The molecule has 7 heteroatoms. The van der Waals surface area contributed by atoms with Crippen molar-refractivity contribution in [3.05, 3.63) is 59.4 Å². The fourth-order valence-electron chi connectivity index (χ4n) is 2.46. The number of rotatable bonds is 5. The quantitative estimate of drug-likeness (QED) is 0.524. The molecule has 0 atom stereocenters. The summed E-state index contributed by atoms with van der Waals surface area (Å²) in [5.74, 6) is -0.718. The van der Waals surface area contributed by atoms with E-state index >= 15 is 0 Å². The van der Waals surface area contributed by atoms with Crippen molar-refractivity contribution in [1.29, 1.82) is 0 Å². The Morgan fingerprint density at radius 2 is 2.04 bits per heavy atom. The number of hydrogen-bond donors (Lipinski definition) is 0. The number of methoxy groups -OCH3 is 1. The van der Waals surface area contributed by atoms with Gasteiger partial charge in [0.05, 0.1) is 12.8 Å². The number of benzene rings is 2. The Bertz CT molecular complexity index is 919. The Labute approximate surface area is 143 Å². The molecule has 1 heterocycles. The molecule has 0 aliphatic heterocycles. The van der Waals surface area contributed by atoms with Crippen LogP contribution in [0.2, 0.25) is 0 Å². The van der Waals surface area contributed by atoms with Crippen LogP contribution in [0.3, 0.4) is 0 Å². The van der Waals surface area contributed by atoms with E-state index in [4.69, 9.17) is 4.63 Å². The second-order valence-electron chi connectivity index (χ2n) is 5.51. The molecule has 1 aromatic heterocycles. The molecule has 0 radical (unpaired) electrons.